The van der Waals surface area contributed by atoms with Gasteiger partial charge in [0.25, 0.3) is 5.56 Å². The van der Waals surface area contributed by atoms with Crippen molar-refractivity contribution in [1.82, 2.24) is 15.3 Å². The maximum absolute atomic E-state index is 11.8. The molecule has 0 aromatic carbocycles. The van der Waals surface area contributed by atoms with Crippen LogP contribution in [0.3, 0.4) is 0 Å². The molecule has 2 heterocycles. The number of nitrogens with zero attached hydrogens (tertiary/aromatic N) is 2. The third kappa shape index (κ3) is 3.08. The molecule has 2 rings (SSSR count). The lowest BCUT2D eigenvalue weighted by Gasteiger charge is -2.35. The van der Waals surface area contributed by atoms with E-state index in [0.29, 0.717) is 25.6 Å². The Labute approximate surface area is 106 Å². The van der Waals surface area contributed by atoms with Crippen LogP contribution in [-0.2, 0) is 4.74 Å². The van der Waals surface area contributed by atoms with Gasteiger partial charge in [-0.2, -0.15) is 0 Å². The molecule has 6 heteroatoms. The Morgan fingerprint density at radius 2 is 2.56 bits per heavy atom. The topological polar surface area (TPSA) is 70.2 Å². The average molecular weight is 252 g/mol. The van der Waals surface area contributed by atoms with Crippen LogP contribution in [0.15, 0.2) is 17.2 Å². The first-order chi connectivity index (χ1) is 8.83. The largest absolute Gasteiger partial charge is 0.377 e. The molecule has 0 saturated carbocycles. The highest BCUT2D eigenvalue weighted by Crippen LogP contribution is 2.12. The van der Waals surface area contributed by atoms with E-state index in [2.05, 4.69) is 22.2 Å². The molecule has 100 valence electrons. The Bertz CT molecular complexity index is 421. The van der Waals surface area contributed by atoms with Gasteiger partial charge in [0.15, 0.2) is 5.82 Å². The van der Waals surface area contributed by atoms with Gasteiger partial charge in [-0.1, -0.05) is 6.92 Å². The van der Waals surface area contributed by atoms with Crippen molar-refractivity contribution in [3.05, 3.63) is 22.7 Å². The fourth-order valence-corrected chi connectivity index (χ4v) is 2.10. The molecule has 1 unspecified atom stereocenters. The summed E-state index contributed by atoms with van der Waals surface area (Å²) < 4.78 is 5.48. The molecular formula is C12H20N4O2. The lowest BCUT2D eigenvalue weighted by atomic mass is 10.2. The highest BCUT2D eigenvalue weighted by molar-refractivity contribution is 5.37. The molecule has 6 nitrogen and oxygen atoms in total. The van der Waals surface area contributed by atoms with Crippen LogP contribution in [0.4, 0.5) is 5.82 Å². The third-order valence-electron chi connectivity index (χ3n) is 3.00. The third-order valence-corrected chi connectivity index (χ3v) is 3.00. The summed E-state index contributed by atoms with van der Waals surface area (Å²) in [7, 11) is 0. The molecule has 0 amide bonds. The first-order valence-electron chi connectivity index (χ1n) is 6.41. The van der Waals surface area contributed by atoms with Crippen molar-refractivity contribution in [2.24, 2.45) is 0 Å². The minimum Gasteiger partial charge on any atom is -0.377 e. The van der Waals surface area contributed by atoms with E-state index in [-0.39, 0.29) is 11.6 Å². The molecule has 2 N–H and O–H groups in total. The van der Waals surface area contributed by atoms with Crippen LogP contribution in [0.2, 0.25) is 0 Å². The second-order valence-electron chi connectivity index (χ2n) is 4.37. The summed E-state index contributed by atoms with van der Waals surface area (Å²) in [6.07, 6.45) is 4.26. The zero-order valence-corrected chi connectivity index (χ0v) is 10.7. The Balaban J connectivity index is 2.08. The first-order valence-corrected chi connectivity index (χ1v) is 6.41. The van der Waals surface area contributed by atoms with Gasteiger partial charge in [0.1, 0.15) is 0 Å². The molecule has 1 aromatic heterocycles. The Morgan fingerprint density at radius 1 is 1.67 bits per heavy atom. The van der Waals surface area contributed by atoms with Crippen LogP contribution >= 0.6 is 0 Å². The van der Waals surface area contributed by atoms with Crippen LogP contribution in [0, 0.1) is 0 Å². The standard InChI is InChI=1S/C12H20N4O2/c1-2-3-13-8-10-9-18-7-6-16(10)11-12(17)15-5-4-14-11/h4-5,10,13H,2-3,6-9H2,1H3,(H,15,17). The quantitative estimate of drug-likeness (QED) is 0.720. The maximum Gasteiger partial charge on any atom is 0.290 e. The van der Waals surface area contributed by atoms with Gasteiger partial charge in [0.05, 0.1) is 19.3 Å². The van der Waals surface area contributed by atoms with Crippen LogP contribution in [0.25, 0.3) is 0 Å². The van der Waals surface area contributed by atoms with E-state index < -0.39 is 0 Å². The SMILES string of the molecule is CCCNCC1COCCN1c1ncc[nH]c1=O. The Hall–Kier alpha value is -1.40. The van der Waals surface area contributed by atoms with E-state index >= 15 is 0 Å². The molecular weight excluding hydrogens is 232 g/mol. The zero-order valence-electron chi connectivity index (χ0n) is 10.7. The van der Waals surface area contributed by atoms with Crippen molar-refractivity contribution in [2.45, 2.75) is 19.4 Å². The van der Waals surface area contributed by atoms with E-state index in [4.69, 9.17) is 4.74 Å². The molecule has 1 atom stereocenters. The number of rotatable bonds is 5. The second kappa shape index (κ2) is 6.51. The molecule has 18 heavy (non-hydrogen) atoms. The van der Waals surface area contributed by atoms with Gasteiger partial charge in [-0.25, -0.2) is 4.98 Å². The lowest BCUT2D eigenvalue weighted by molar-refractivity contribution is 0.0932. The molecule has 1 aliphatic rings. The van der Waals surface area contributed by atoms with E-state index in [1.165, 1.54) is 0 Å². The van der Waals surface area contributed by atoms with Crippen molar-refractivity contribution in [1.29, 1.82) is 0 Å². The maximum atomic E-state index is 11.8. The van der Waals surface area contributed by atoms with E-state index in [1.807, 2.05) is 4.90 Å². The van der Waals surface area contributed by atoms with Gasteiger partial charge < -0.3 is 19.9 Å². The number of ether oxygens (including phenoxy) is 1. The second-order valence-corrected chi connectivity index (χ2v) is 4.37. The van der Waals surface area contributed by atoms with Crippen molar-refractivity contribution in [2.75, 3.05) is 37.7 Å². The molecule has 0 aliphatic carbocycles. The van der Waals surface area contributed by atoms with Crippen molar-refractivity contribution < 1.29 is 4.74 Å². The number of aromatic amines is 1. The highest BCUT2D eigenvalue weighted by Gasteiger charge is 2.25. The van der Waals surface area contributed by atoms with E-state index in [0.717, 1.165) is 19.5 Å². The number of anilines is 1. The number of nitrogens with one attached hydrogen (secondary N) is 2. The van der Waals surface area contributed by atoms with Crippen LogP contribution in [0.5, 0.6) is 0 Å². The summed E-state index contributed by atoms with van der Waals surface area (Å²) in [6, 6.07) is 0.168. The molecule has 0 spiro atoms. The van der Waals surface area contributed by atoms with E-state index in [1.54, 1.807) is 12.4 Å². The molecule has 1 aliphatic heterocycles. The first kappa shape index (κ1) is 13.0. The highest BCUT2D eigenvalue weighted by atomic mass is 16.5. The summed E-state index contributed by atoms with van der Waals surface area (Å²) in [5, 5.41) is 3.36. The molecule has 1 fully saturated rings. The monoisotopic (exact) mass is 252 g/mol. The smallest absolute Gasteiger partial charge is 0.290 e. The minimum atomic E-state index is -0.139. The van der Waals surface area contributed by atoms with Crippen molar-refractivity contribution >= 4 is 5.82 Å². The lowest BCUT2D eigenvalue weighted by Crippen LogP contribution is -2.52. The number of H-pyrrole nitrogens is 1. The summed E-state index contributed by atoms with van der Waals surface area (Å²) in [5.74, 6) is 0.490. The number of hydrogen-bond donors (Lipinski definition) is 2. The zero-order chi connectivity index (χ0) is 12.8. The predicted octanol–water partition coefficient (Wildman–Crippen LogP) is -0.0253. The fourth-order valence-electron chi connectivity index (χ4n) is 2.10. The summed E-state index contributed by atoms with van der Waals surface area (Å²) >= 11 is 0. The number of morpholine rings is 1. The van der Waals surface area contributed by atoms with Crippen molar-refractivity contribution in [3.63, 3.8) is 0 Å². The fraction of sp³-hybridized carbons (Fsp3) is 0.667. The van der Waals surface area contributed by atoms with Gasteiger partial charge in [0, 0.05) is 25.5 Å². The molecule has 1 aromatic rings. The minimum absolute atomic E-state index is 0.139. The Kier molecular flexibility index (Phi) is 4.72. The van der Waals surface area contributed by atoms with Gasteiger partial charge in [0.2, 0.25) is 0 Å². The van der Waals surface area contributed by atoms with E-state index in [9.17, 15) is 4.79 Å². The average Bonchev–Trinajstić information content (AvgIpc) is 2.40. The number of hydrogen-bond acceptors (Lipinski definition) is 5. The summed E-state index contributed by atoms with van der Waals surface area (Å²) in [6.45, 7) is 5.89. The van der Waals surface area contributed by atoms with Crippen LogP contribution in [-0.4, -0.2) is 48.9 Å². The van der Waals surface area contributed by atoms with Gasteiger partial charge in [-0.15, -0.1) is 0 Å². The Morgan fingerprint density at radius 3 is 3.33 bits per heavy atom. The van der Waals surface area contributed by atoms with Crippen LogP contribution in [0.1, 0.15) is 13.3 Å². The predicted molar refractivity (Wildman–Crippen MR) is 70.0 cm³/mol. The summed E-state index contributed by atoms with van der Waals surface area (Å²) in [5.41, 5.74) is -0.139. The molecule has 1 saturated heterocycles. The van der Waals surface area contributed by atoms with Gasteiger partial charge >= 0.3 is 0 Å². The van der Waals surface area contributed by atoms with Gasteiger partial charge in [-0.3, -0.25) is 4.79 Å². The van der Waals surface area contributed by atoms with Crippen molar-refractivity contribution in [3.8, 4) is 0 Å². The van der Waals surface area contributed by atoms with Crippen LogP contribution < -0.4 is 15.8 Å². The van der Waals surface area contributed by atoms with Gasteiger partial charge in [-0.05, 0) is 13.0 Å². The summed E-state index contributed by atoms with van der Waals surface area (Å²) in [4.78, 5) is 20.6. The normalized spacial score (nSPS) is 20.1. The number of aromatic nitrogens is 2. The molecule has 0 bridgehead atoms. The molecule has 0 radical (unpaired) electrons.